The lowest BCUT2D eigenvalue weighted by Gasteiger charge is -2.33. The monoisotopic (exact) mass is 262 g/mol. The lowest BCUT2D eigenvalue weighted by Crippen LogP contribution is -2.46. The molecule has 0 aromatic heterocycles. The molecular weight excluding hydrogens is 240 g/mol. The number of aliphatic hydroxyl groups excluding tert-OH is 1. The first kappa shape index (κ1) is 14.0. The molecule has 0 aliphatic carbocycles. The zero-order valence-electron chi connectivity index (χ0n) is 11.7. The molecular formula is C15H22N2O2. The Morgan fingerprint density at radius 1 is 1.26 bits per heavy atom. The van der Waals surface area contributed by atoms with Crippen molar-refractivity contribution in [3.63, 3.8) is 0 Å². The molecule has 1 amide bonds. The largest absolute Gasteiger partial charge is 0.387 e. The molecule has 4 nitrogen and oxygen atoms in total. The van der Waals surface area contributed by atoms with Crippen molar-refractivity contribution in [3.8, 4) is 0 Å². The highest BCUT2D eigenvalue weighted by Gasteiger charge is 2.19. The first-order valence-electron chi connectivity index (χ1n) is 6.77. The Balaban J connectivity index is 1.96. The second kappa shape index (κ2) is 6.17. The molecule has 1 aliphatic heterocycles. The number of carbonyl (C=O) groups is 1. The fraction of sp³-hybridized carbons (Fsp3) is 0.533. The maximum Gasteiger partial charge on any atom is 0.209 e. The van der Waals surface area contributed by atoms with Gasteiger partial charge in [0.25, 0.3) is 0 Å². The standard InChI is InChI=1S/C15H22N2O2/c1-12-3-4-13(2)14(9-12)15(19)10-16-5-7-17(11-18)8-6-16/h3-4,9,11,15,19H,5-8,10H2,1-2H3. The van der Waals surface area contributed by atoms with Crippen LogP contribution in [0.25, 0.3) is 0 Å². The van der Waals surface area contributed by atoms with Crippen LogP contribution in [0.1, 0.15) is 22.8 Å². The van der Waals surface area contributed by atoms with Crippen LogP contribution < -0.4 is 0 Å². The van der Waals surface area contributed by atoms with Crippen molar-refractivity contribution in [2.45, 2.75) is 20.0 Å². The van der Waals surface area contributed by atoms with Crippen molar-refractivity contribution in [1.29, 1.82) is 0 Å². The van der Waals surface area contributed by atoms with Gasteiger partial charge in [-0.2, -0.15) is 0 Å². The van der Waals surface area contributed by atoms with E-state index in [2.05, 4.69) is 23.1 Å². The van der Waals surface area contributed by atoms with Gasteiger partial charge in [-0.05, 0) is 25.0 Å². The van der Waals surface area contributed by atoms with Crippen LogP contribution in [0.4, 0.5) is 0 Å². The van der Waals surface area contributed by atoms with Gasteiger partial charge in [-0.25, -0.2) is 0 Å². The molecule has 1 N–H and O–H groups in total. The SMILES string of the molecule is Cc1ccc(C)c(C(O)CN2CCN(C=O)CC2)c1. The van der Waals surface area contributed by atoms with Crippen LogP contribution in [0, 0.1) is 13.8 Å². The van der Waals surface area contributed by atoms with E-state index in [1.165, 1.54) is 5.56 Å². The predicted molar refractivity (Wildman–Crippen MR) is 75.0 cm³/mol. The number of aliphatic hydroxyl groups is 1. The summed E-state index contributed by atoms with van der Waals surface area (Å²) >= 11 is 0. The first-order chi connectivity index (χ1) is 9.10. The number of amides is 1. The highest BCUT2D eigenvalue weighted by Crippen LogP contribution is 2.20. The second-order valence-electron chi connectivity index (χ2n) is 5.32. The smallest absolute Gasteiger partial charge is 0.209 e. The fourth-order valence-corrected chi connectivity index (χ4v) is 2.51. The van der Waals surface area contributed by atoms with Crippen LogP contribution in [0.2, 0.25) is 0 Å². The number of carbonyl (C=O) groups excluding carboxylic acids is 1. The molecule has 2 rings (SSSR count). The molecule has 0 radical (unpaired) electrons. The van der Waals surface area contributed by atoms with Gasteiger partial charge in [-0.1, -0.05) is 23.8 Å². The third kappa shape index (κ3) is 3.55. The van der Waals surface area contributed by atoms with Gasteiger partial charge < -0.3 is 10.0 Å². The van der Waals surface area contributed by atoms with Gasteiger partial charge in [0, 0.05) is 32.7 Å². The van der Waals surface area contributed by atoms with E-state index in [1.807, 2.05) is 13.8 Å². The van der Waals surface area contributed by atoms with E-state index in [-0.39, 0.29) is 0 Å². The molecule has 1 aliphatic rings. The fourth-order valence-electron chi connectivity index (χ4n) is 2.51. The summed E-state index contributed by atoms with van der Waals surface area (Å²) in [5.74, 6) is 0. The molecule has 1 heterocycles. The molecule has 1 fully saturated rings. The van der Waals surface area contributed by atoms with Crippen LogP contribution in [0.3, 0.4) is 0 Å². The minimum Gasteiger partial charge on any atom is -0.387 e. The van der Waals surface area contributed by atoms with E-state index < -0.39 is 6.10 Å². The van der Waals surface area contributed by atoms with Gasteiger partial charge in [-0.15, -0.1) is 0 Å². The Bertz CT molecular complexity index is 440. The molecule has 19 heavy (non-hydrogen) atoms. The molecule has 1 aromatic rings. The Hall–Kier alpha value is -1.39. The number of hydrogen-bond donors (Lipinski definition) is 1. The maximum atomic E-state index is 10.7. The van der Waals surface area contributed by atoms with Crippen molar-refractivity contribution in [1.82, 2.24) is 9.80 Å². The topological polar surface area (TPSA) is 43.8 Å². The van der Waals surface area contributed by atoms with E-state index in [4.69, 9.17) is 0 Å². The third-order valence-electron chi connectivity index (χ3n) is 3.78. The van der Waals surface area contributed by atoms with E-state index in [0.29, 0.717) is 6.54 Å². The zero-order valence-corrected chi connectivity index (χ0v) is 11.7. The average molecular weight is 262 g/mol. The van der Waals surface area contributed by atoms with Crippen LogP contribution >= 0.6 is 0 Å². The number of benzene rings is 1. The number of rotatable bonds is 4. The summed E-state index contributed by atoms with van der Waals surface area (Å²) in [6, 6.07) is 6.17. The van der Waals surface area contributed by atoms with Gasteiger partial charge in [0.15, 0.2) is 0 Å². The van der Waals surface area contributed by atoms with Crippen molar-refractivity contribution in [2.24, 2.45) is 0 Å². The van der Waals surface area contributed by atoms with E-state index in [9.17, 15) is 9.90 Å². The van der Waals surface area contributed by atoms with E-state index in [1.54, 1.807) is 4.90 Å². The van der Waals surface area contributed by atoms with Crippen molar-refractivity contribution in [2.75, 3.05) is 32.7 Å². The lowest BCUT2D eigenvalue weighted by molar-refractivity contribution is -0.119. The molecule has 0 spiro atoms. The summed E-state index contributed by atoms with van der Waals surface area (Å²) in [5, 5.41) is 10.4. The highest BCUT2D eigenvalue weighted by molar-refractivity contribution is 5.47. The van der Waals surface area contributed by atoms with E-state index >= 15 is 0 Å². The minimum absolute atomic E-state index is 0.456. The average Bonchev–Trinajstić information content (AvgIpc) is 2.42. The van der Waals surface area contributed by atoms with Gasteiger partial charge in [0.2, 0.25) is 6.41 Å². The summed E-state index contributed by atoms with van der Waals surface area (Å²) in [6.07, 6.45) is 0.445. The van der Waals surface area contributed by atoms with Gasteiger partial charge >= 0.3 is 0 Å². The molecule has 104 valence electrons. The molecule has 4 heteroatoms. The summed E-state index contributed by atoms with van der Waals surface area (Å²) in [6.45, 7) is 7.88. The van der Waals surface area contributed by atoms with Crippen molar-refractivity contribution >= 4 is 6.41 Å². The number of piperazine rings is 1. The Kier molecular flexibility index (Phi) is 4.56. The Morgan fingerprint density at radius 3 is 2.58 bits per heavy atom. The molecule has 1 unspecified atom stereocenters. The van der Waals surface area contributed by atoms with Gasteiger partial charge in [-0.3, -0.25) is 9.69 Å². The third-order valence-corrected chi connectivity index (χ3v) is 3.78. The molecule has 0 bridgehead atoms. The molecule has 1 atom stereocenters. The number of hydrogen-bond acceptors (Lipinski definition) is 3. The zero-order chi connectivity index (χ0) is 13.8. The molecule has 1 saturated heterocycles. The highest BCUT2D eigenvalue weighted by atomic mass is 16.3. The summed E-state index contributed by atoms with van der Waals surface area (Å²) < 4.78 is 0. The minimum atomic E-state index is -0.456. The van der Waals surface area contributed by atoms with Crippen LogP contribution in [-0.2, 0) is 4.79 Å². The number of β-amino-alcohol motifs (C(OH)–C–C–N with tert-alkyl or cyclic N) is 1. The molecule has 1 aromatic carbocycles. The van der Waals surface area contributed by atoms with Gasteiger partial charge in [0.05, 0.1) is 6.10 Å². The summed E-state index contributed by atoms with van der Waals surface area (Å²) in [7, 11) is 0. The summed E-state index contributed by atoms with van der Waals surface area (Å²) in [4.78, 5) is 14.6. The molecule has 0 saturated carbocycles. The maximum absolute atomic E-state index is 10.7. The van der Waals surface area contributed by atoms with Gasteiger partial charge in [0.1, 0.15) is 0 Å². The normalized spacial score (nSPS) is 18.4. The predicted octanol–water partition coefficient (Wildman–Crippen LogP) is 1.11. The summed E-state index contributed by atoms with van der Waals surface area (Å²) in [5.41, 5.74) is 3.31. The Morgan fingerprint density at radius 2 is 1.95 bits per heavy atom. The number of aryl methyl sites for hydroxylation is 2. The number of nitrogens with zero attached hydrogens (tertiary/aromatic N) is 2. The lowest BCUT2D eigenvalue weighted by atomic mass is 10.0. The van der Waals surface area contributed by atoms with E-state index in [0.717, 1.165) is 43.7 Å². The van der Waals surface area contributed by atoms with Crippen LogP contribution in [0.15, 0.2) is 18.2 Å². The van der Waals surface area contributed by atoms with Crippen LogP contribution in [0.5, 0.6) is 0 Å². The van der Waals surface area contributed by atoms with Crippen molar-refractivity contribution < 1.29 is 9.90 Å². The second-order valence-corrected chi connectivity index (χ2v) is 5.32. The van der Waals surface area contributed by atoms with Crippen molar-refractivity contribution in [3.05, 3.63) is 34.9 Å². The Labute approximate surface area is 114 Å². The van der Waals surface area contributed by atoms with Crippen LogP contribution in [-0.4, -0.2) is 54.0 Å². The quantitative estimate of drug-likeness (QED) is 0.827. The first-order valence-corrected chi connectivity index (χ1v) is 6.77.